The minimum Gasteiger partial charge on any atom is -0.497 e. The molecule has 3 rings (SSSR count). The normalized spacial score (nSPS) is 23.2. The molecule has 2 heterocycles. The zero-order valence-electron chi connectivity index (χ0n) is 13.8. The highest BCUT2D eigenvalue weighted by Crippen LogP contribution is 2.26. The monoisotopic (exact) mass is 327 g/mol. The van der Waals surface area contributed by atoms with Gasteiger partial charge in [0.15, 0.2) is 0 Å². The molecular weight excluding hydrogens is 306 g/mol. The zero-order valence-corrected chi connectivity index (χ0v) is 13.8. The first-order chi connectivity index (χ1) is 11.7. The Labute approximate surface area is 141 Å². The highest BCUT2D eigenvalue weighted by Gasteiger charge is 2.40. The van der Waals surface area contributed by atoms with Crippen LogP contribution in [0.5, 0.6) is 5.75 Å². The van der Waals surface area contributed by atoms with Crippen molar-refractivity contribution in [3.8, 4) is 11.8 Å². The third-order valence-electron chi connectivity index (χ3n) is 4.80. The number of methoxy groups -OCH3 is 1. The number of carbonyl (C=O) groups is 2. The second-order valence-corrected chi connectivity index (χ2v) is 6.21. The number of hydrogen-bond donors (Lipinski definition) is 0. The van der Waals surface area contributed by atoms with Crippen LogP contribution in [0.1, 0.15) is 36.0 Å². The molecule has 0 aliphatic carbocycles. The fourth-order valence-corrected chi connectivity index (χ4v) is 3.54. The Morgan fingerprint density at radius 3 is 2.71 bits per heavy atom. The molecule has 126 valence electrons. The van der Waals surface area contributed by atoms with E-state index in [2.05, 4.69) is 6.07 Å². The van der Waals surface area contributed by atoms with E-state index in [0.717, 1.165) is 19.3 Å². The van der Waals surface area contributed by atoms with E-state index in [4.69, 9.17) is 4.74 Å². The first-order valence-corrected chi connectivity index (χ1v) is 8.31. The summed E-state index contributed by atoms with van der Waals surface area (Å²) in [5.74, 6) is 0.372. The van der Waals surface area contributed by atoms with Gasteiger partial charge in [-0.05, 0) is 43.9 Å². The summed E-state index contributed by atoms with van der Waals surface area (Å²) in [6.07, 6.45) is 3.03. The number of benzene rings is 1. The molecule has 1 unspecified atom stereocenters. The van der Waals surface area contributed by atoms with Gasteiger partial charge in [0.1, 0.15) is 17.8 Å². The van der Waals surface area contributed by atoms with Crippen LogP contribution in [0.15, 0.2) is 24.3 Å². The Bertz CT molecular complexity index is 682. The van der Waals surface area contributed by atoms with Gasteiger partial charge in [-0.3, -0.25) is 9.59 Å². The standard InChI is InChI=1S/C18H21N3O3/c1-24-15-7-2-5-13(11-15)17(22)21-10-4-8-16(21)18(23)20-9-3-6-14(20)12-19/h2,5,7,11,14,16H,3-4,6,8-10H2,1H3/t14?,16-/m0/s1. The van der Waals surface area contributed by atoms with Gasteiger partial charge in [-0.1, -0.05) is 6.07 Å². The van der Waals surface area contributed by atoms with Crippen LogP contribution >= 0.6 is 0 Å². The number of hydrogen-bond acceptors (Lipinski definition) is 4. The number of nitrogens with zero attached hydrogens (tertiary/aromatic N) is 3. The second kappa shape index (κ2) is 6.91. The van der Waals surface area contributed by atoms with E-state index in [-0.39, 0.29) is 17.9 Å². The Kier molecular flexibility index (Phi) is 4.70. The van der Waals surface area contributed by atoms with Gasteiger partial charge in [0.25, 0.3) is 5.91 Å². The zero-order chi connectivity index (χ0) is 17.1. The van der Waals surface area contributed by atoms with Gasteiger partial charge in [0.2, 0.25) is 5.91 Å². The summed E-state index contributed by atoms with van der Waals surface area (Å²) in [4.78, 5) is 29.0. The number of nitriles is 1. The van der Waals surface area contributed by atoms with Crippen LogP contribution in [0.25, 0.3) is 0 Å². The molecule has 2 aliphatic rings. The summed E-state index contributed by atoms with van der Waals surface area (Å²) < 4.78 is 5.17. The molecule has 2 amide bonds. The van der Waals surface area contributed by atoms with Crippen molar-refractivity contribution in [3.63, 3.8) is 0 Å². The maximum absolute atomic E-state index is 12.8. The lowest BCUT2D eigenvalue weighted by Gasteiger charge is -2.29. The van der Waals surface area contributed by atoms with Crippen molar-refractivity contribution in [2.75, 3.05) is 20.2 Å². The van der Waals surface area contributed by atoms with Crippen LogP contribution < -0.4 is 4.74 Å². The molecule has 0 N–H and O–H groups in total. The van der Waals surface area contributed by atoms with Crippen molar-refractivity contribution in [2.24, 2.45) is 0 Å². The number of amides is 2. The molecule has 0 saturated carbocycles. The quantitative estimate of drug-likeness (QED) is 0.849. The van der Waals surface area contributed by atoms with E-state index in [1.54, 1.807) is 41.2 Å². The predicted octanol–water partition coefficient (Wildman–Crippen LogP) is 1.81. The average Bonchev–Trinajstić information content (AvgIpc) is 3.29. The first kappa shape index (κ1) is 16.3. The van der Waals surface area contributed by atoms with Crippen LogP contribution in [0.3, 0.4) is 0 Å². The van der Waals surface area contributed by atoms with E-state index >= 15 is 0 Å². The molecular formula is C18H21N3O3. The molecule has 6 nitrogen and oxygen atoms in total. The molecule has 2 fully saturated rings. The molecule has 24 heavy (non-hydrogen) atoms. The molecule has 2 aliphatic heterocycles. The SMILES string of the molecule is COc1cccc(C(=O)N2CCC[C@H]2C(=O)N2CCCC2C#N)c1. The van der Waals surface area contributed by atoms with Crippen LogP contribution in [-0.4, -0.2) is 53.9 Å². The van der Waals surface area contributed by atoms with E-state index in [9.17, 15) is 14.9 Å². The van der Waals surface area contributed by atoms with E-state index in [1.807, 2.05) is 0 Å². The fourth-order valence-electron chi connectivity index (χ4n) is 3.54. The molecule has 0 spiro atoms. The molecule has 6 heteroatoms. The summed E-state index contributed by atoms with van der Waals surface area (Å²) in [5.41, 5.74) is 0.521. The highest BCUT2D eigenvalue weighted by atomic mass is 16.5. The summed E-state index contributed by atoms with van der Waals surface area (Å²) in [6, 6.07) is 8.36. The summed E-state index contributed by atoms with van der Waals surface area (Å²) in [7, 11) is 1.56. The summed E-state index contributed by atoms with van der Waals surface area (Å²) in [5, 5.41) is 9.20. The van der Waals surface area contributed by atoms with Crippen molar-refractivity contribution in [1.82, 2.24) is 9.80 Å². The van der Waals surface area contributed by atoms with Gasteiger partial charge in [0, 0.05) is 18.7 Å². The van der Waals surface area contributed by atoms with Gasteiger partial charge in [-0.25, -0.2) is 0 Å². The molecule has 0 radical (unpaired) electrons. The predicted molar refractivity (Wildman–Crippen MR) is 87.4 cm³/mol. The number of rotatable bonds is 3. The van der Waals surface area contributed by atoms with Crippen molar-refractivity contribution < 1.29 is 14.3 Å². The maximum atomic E-state index is 12.8. The Hall–Kier alpha value is -2.55. The van der Waals surface area contributed by atoms with Crippen molar-refractivity contribution >= 4 is 11.8 Å². The van der Waals surface area contributed by atoms with Gasteiger partial charge in [0.05, 0.1) is 13.2 Å². The van der Waals surface area contributed by atoms with Crippen molar-refractivity contribution in [2.45, 2.75) is 37.8 Å². The van der Waals surface area contributed by atoms with E-state index in [0.29, 0.717) is 30.8 Å². The minimum atomic E-state index is -0.461. The van der Waals surface area contributed by atoms with Crippen LogP contribution in [0.2, 0.25) is 0 Å². The van der Waals surface area contributed by atoms with Crippen molar-refractivity contribution in [1.29, 1.82) is 5.26 Å². The smallest absolute Gasteiger partial charge is 0.254 e. The molecule has 2 saturated heterocycles. The molecule has 0 bridgehead atoms. The summed E-state index contributed by atoms with van der Waals surface area (Å²) in [6.45, 7) is 1.17. The third-order valence-corrected chi connectivity index (χ3v) is 4.80. The largest absolute Gasteiger partial charge is 0.497 e. The maximum Gasteiger partial charge on any atom is 0.254 e. The Morgan fingerprint density at radius 2 is 1.96 bits per heavy atom. The van der Waals surface area contributed by atoms with E-state index in [1.165, 1.54) is 0 Å². The van der Waals surface area contributed by atoms with E-state index < -0.39 is 6.04 Å². The Morgan fingerprint density at radius 1 is 1.21 bits per heavy atom. The number of ether oxygens (including phenoxy) is 1. The molecule has 2 atom stereocenters. The van der Waals surface area contributed by atoms with Gasteiger partial charge < -0.3 is 14.5 Å². The van der Waals surface area contributed by atoms with Gasteiger partial charge in [-0.15, -0.1) is 0 Å². The first-order valence-electron chi connectivity index (χ1n) is 8.31. The molecule has 0 aromatic heterocycles. The van der Waals surface area contributed by atoms with Crippen LogP contribution in [0, 0.1) is 11.3 Å². The molecule has 1 aromatic carbocycles. The van der Waals surface area contributed by atoms with Crippen LogP contribution in [-0.2, 0) is 4.79 Å². The Balaban J connectivity index is 1.78. The number of carbonyl (C=O) groups excluding carboxylic acids is 2. The lowest BCUT2D eigenvalue weighted by Crippen LogP contribution is -2.49. The second-order valence-electron chi connectivity index (χ2n) is 6.21. The minimum absolute atomic E-state index is 0.0900. The van der Waals surface area contributed by atoms with Gasteiger partial charge in [-0.2, -0.15) is 5.26 Å². The lowest BCUT2D eigenvalue weighted by atomic mass is 10.1. The lowest BCUT2D eigenvalue weighted by molar-refractivity contribution is -0.135. The molecule has 1 aromatic rings. The van der Waals surface area contributed by atoms with Gasteiger partial charge >= 0.3 is 0 Å². The average molecular weight is 327 g/mol. The fraction of sp³-hybridized carbons (Fsp3) is 0.500. The summed E-state index contributed by atoms with van der Waals surface area (Å²) >= 11 is 0. The topological polar surface area (TPSA) is 73.6 Å². The third kappa shape index (κ3) is 2.94. The highest BCUT2D eigenvalue weighted by molar-refractivity contribution is 5.98. The van der Waals surface area contributed by atoms with Crippen molar-refractivity contribution in [3.05, 3.63) is 29.8 Å². The van der Waals surface area contributed by atoms with Crippen LogP contribution in [0.4, 0.5) is 0 Å². The number of likely N-dealkylation sites (tertiary alicyclic amines) is 2.